The van der Waals surface area contributed by atoms with Crippen molar-refractivity contribution in [1.29, 1.82) is 0 Å². The Morgan fingerprint density at radius 3 is 2.32 bits per heavy atom. The molecule has 96 valence electrons. The van der Waals surface area contributed by atoms with Gasteiger partial charge in [0.05, 0.1) is 20.8 Å². The summed E-state index contributed by atoms with van der Waals surface area (Å²) in [5.41, 5.74) is 1.64. The van der Waals surface area contributed by atoms with Crippen LogP contribution < -0.4 is 0 Å². The Morgan fingerprint density at radius 1 is 1.00 bits per heavy atom. The van der Waals surface area contributed by atoms with Gasteiger partial charge in [-0.3, -0.25) is 15.0 Å². The highest BCUT2D eigenvalue weighted by molar-refractivity contribution is 6.39. The van der Waals surface area contributed by atoms with Gasteiger partial charge in [0.25, 0.3) is 0 Å². The van der Waals surface area contributed by atoms with Crippen molar-refractivity contribution in [3.8, 4) is 0 Å². The molecule has 0 atom stereocenters. The van der Waals surface area contributed by atoms with Gasteiger partial charge in [-0.2, -0.15) is 0 Å². The highest BCUT2D eigenvalue weighted by atomic mass is 35.5. The maximum Gasteiger partial charge on any atom is 0.100 e. The average molecular weight is 313 g/mol. The molecule has 0 fully saturated rings. The maximum atomic E-state index is 6.03. The van der Waals surface area contributed by atoms with Gasteiger partial charge in [-0.15, -0.1) is 0 Å². The Morgan fingerprint density at radius 2 is 1.68 bits per heavy atom. The molecule has 0 radical (unpaired) electrons. The van der Waals surface area contributed by atoms with Crippen LogP contribution in [0.1, 0.15) is 5.56 Å². The maximum absolute atomic E-state index is 6.03. The molecule has 1 heterocycles. The van der Waals surface area contributed by atoms with Crippen LogP contribution in [-0.4, -0.2) is 17.9 Å². The zero-order valence-electron chi connectivity index (χ0n) is 9.65. The van der Waals surface area contributed by atoms with Crippen molar-refractivity contribution in [1.82, 2.24) is 4.98 Å². The Kier molecular flexibility index (Phi) is 4.53. The molecule has 2 rings (SSSR count). The van der Waals surface area contributed by atoms with Crippen molar-refractivity contribution < 1.29 is 0 Å². The van der Waals surface area contributed by atoms with E-state index in [1.54, 1.807) is 30.6 Å². The van der Waals surface area contributed by atoms with Crippen LogP contribution in [0.15, 0.2) is 40.6 Å². The van der Waals surface area contributed by atoms with Crippen LogP contribution in [0.5, 0.6) is 0 Å². The molecule has 0 aliphatic rings. The molecule has 0 aliphatic heterocycles. The Bertz CT molecular complexity index is 633. The third-order valence-electron chi connectivity index (χ3n) is 2.33. The van der Waals surface area contributed by atoms with E-state index in [1.165, 1.54) is 6.20 Å². The number of hydrogen-bond acceptors (Lipinski definition) is 3. The minimum absolute atomic E-state index is 0.407. The summed E-state index contributed by atoms with van der Waals surface area (Å²) in [4.78, 5) is 12.1. The van der Waals surface area contributed by atoms with Gasteiger partial charge in [0, 0.05) is 24.2 Å². The summed E-state index contributed by atoms with van der Waals surface area (Å²) >= 11 is 18.0. The molecule has 3 nitrogen and oxygen atoms in total. The summed E-state index contributed by atoms with van der Waals surface area (Å²) in [6, 6.07) is 5.17. The normalized spacial score (nSPS) is 10.9. The van der Waals surface area contributed by atoms with Gasteiger partial charge in [-0.25, -0.2) is 0 Å². The van der Waals surface area contributed by atoms with Crippen LogP contribution in [0.25, 0.3) is 0 Å². The van der Waals surface area contributed by atoms with Crippen molar-refractivity contribution in [3.05, 3.63) is 51.2 Å². The summed E-state index contributed by atoms with van der Waals surface area (Å²) in [7, 11) is 0. The molecule has 0 saturated heterocycles. The summed E-state index contributed by atoms with van der Waals surface area (Å²) in [5.74, 6) is 0. The molecule has 0 N–H and O–H groups in total. The molecule has 1 aromatic heterocycles. The number of aromatic nitrogens is 1. The number of benzene rings is 1. The van der Waals surface area contributed by atoms with Gasteiger partial charge < -0.3 is 0 Å². The number of nitrogens with zero attached hydrogens (tertiary/aromatic N) is 3. The van der Waals surface area contributed by atoms with Crippen LogP contribution >= 0.6 is 34.8 Å². The second-order valence-electron chi connectivity index (χ2n) is 3.55. The van der Waals surface area contributed by atoms with Gasteiger partial charge in [0.15, 0.2) is 0 Å². The summed E-state index contributed by atoms with van der Waals surface area (Å²) in [5, 5.41) is 1.34. The summed E-state index contributed by atoms with van der Waals surface area (Å²) in [6.07, 6.45) is 4.63. The van der Waals surface area contributed by atoms with E-state index in [2.05, 4.69) is 21.7 Å². The number of halogens is 3. The van der Waals surface area contributed by atoms with Gasteiger partial charge in [-0.05, 0) is 18.9 Å². The van der Waals surface area contributed by atoms with E-state index in [9.17, 15) is 0 Å². The van der Waals surface area contributed by atoms with Crippen molar-refractivity contribution in [2.75, 3.05) is 0 Å². The second kappa shape index (κ2) is 6.15. The predicted molar refractivity (Wildman–Crippen MR) is 82.2 cm³/mol. The number of hydrogen-bond donors (Lipinski definition) is 0. The van der Waals surface area contributed by atoms with Gasteiger partial charge >= 0.3 is 0 Å². The first kappa shape index (κ1) is 14.0. The molecule has 0 spiro atoms. The van der Waals surface area contributed by atoms with Crippen LogP contribution in [-0.2, 0) is 0 Å². The zero-order valence-corrected chi connectivity index (χ0v) is 11.9. The van der Waals surface area contributed by atoms with Crippen LogP contribution in [0, 0.1) is 0 Å². The molecule has 6 heteroatoms. The first-order chi connectivity index (χ1) is 9.13. The molecule has 0 unspecified atom stereocenters. The minimum atomic E-state index is 0.407. The van der Waals surface area contributed by atoms with E-state index >= 15 is 0 Å². The van der Waals surface area contributed by atoms with Crippen LogP contribution in [0.3, 0.4) is 0 Å². The molecule has 2 aromatic rings. The highest BCUT2D eigenvalue weighted by Gasteiger charge is 2.06. The van der Waals surface area contributed by atoms with E-state index in [0.29, 0.717) is 32.0 Å². The number of pyridine rings is 1. The van der Waals surface area contributed by atoms with E-state index in [-0.39, 0.29) is 0 Å². The standard InChI is InChI=1S/C13H8Cl3N3/c1-17-12-8(5-18-7-11(12)16)6-19-13-9(14)3-2-4-10(13)15/h2-7H,1H2. The third-order valence-corrected chi connectivity index (χ3v) is 3.22. The Balaban J connectivity index is 2.44. The largest absolute Gasteiger partial charge is 0.262 e. The van der Waals surface area contributed by atoms with Crippen LogP contribution in [0.2, 0.25) is 15.1 Å². The van der Waals surface area contributed by atoms with Gasteiger partial charge in [0.1, 0.15) is 5.69 Å². The number of para-hydroxylation sites is 1. The molecule has 0 amide bonds. The molecule has 0 aliphatic carbocycles. The quantitative estimate of drug-likeness (QED) is 0.724. The lowest BCUT2D eigenvalue weighted by molar-refractivity contribution is 1.30. The number of aliphatic imine (C=N–C) groups is 2. The van der Waals surface area contributed by atoms with Crippen molar-refractivity contribution in [3.63, 3.8) is 0 Å². The lowest BCUT2D eigenvalue weighted by Gasteiger charge is -2.03. The van der Waals surface area contributed by atoms with Crippen molar-refractivity contribution in [2.24, 2.45) is 9.98 Å². The second-order valence-corrected chi connectivity index (χ2v) is 4.77. The molecule has 0 bridgehead atoms. The van der Waals surface area contributed by atoms with E-state index in [4.69, 9.17) is 34.8 Å². The first-order valence-electron chi connectivity index (χ1n) is 5.22. The first-order valence-corrected chi connectivity index (χ1v) is 6.35. The molecule has 19 heavy (non-hydrogen) atoms. The lowest BCUT2D eigenvalue weighted by Crippen LogP contribution is -1.86. The topological polar surface area (TPSA) is 37.6 Å². The van der Waals surface area contributed by atoms with Gasteiger partial charge in [0.2, 0.25) is 0 Å². The monoisotopic (exact) mass is 311 g/mol. The van der Waals surface area contributed by atoms with Crippen molar-refractivity contribution >= 4 is 59.1 Å². The highest BCUT2D eigenvalue weighted by Crippen LogP contribution is 2.33. The zero-order chi connectivity index (χ0) is 13.8. The van der Waals surface area contributed by atoms with E-state index < -0.39 is 0 Å². The van der Waals surface area contributed by atoms with Crippen LogP contribution in [0.4, 0.5) is 11.4 Å². The third kappa shape index (κ3) is 3.13. The Labute approximate surface area is 125 Å². The summed E-state index contributed by atoms with van der Waals surface area (Å²) in [6.45, 7) is 3.47. The molecular weight excluding hydrogens is 305 g/mol. The van der Waals surface area contributed by atoms with E-state index in [1.807, 2.05) is 0 Å². The SMILES string of the molecule is C=Nc1c(Cl)cncc1C=Nc1c(Cl)cccc1Cl. The smallest absolute Gasteiger partial charge is 0.100 e. The van der Waals surface area contributed by atoms with Crippen molar-refractivity contribution in [2.45, 2.75) is 0 Å². The fraction of sp³-hybridized carbons (Fsp3) is 0. The molecule has 0 saturated carbocycles. The average Bonchev–Trinajstić information content (AvgIpc) is 2.38. The fourth-order valence-corrected chi connectivity index (χ4v) is 2.17. The Hall–Kier alpha value is -1.42. The summed E-state index contributed by atoms with van der Waals surface area (Å²) < 4.78 is 0. The van der Waals surface area contributed by atoms with E-state index in [0.717, 1.165) is 0 Å². The molecule has 1 aromatic carbocycles. The fourth-order valence-electron chi connectivity index (χ4n) is 1.45. The number of rotatable bonds is 3. The van der Waals surface area contributed by atoms with Gasteiger partial charge in [-0.1, -0.05) is 40.9 Å². The lowest BCUT2D eigenvalue weighted by atomic mass is 10.2. The minimum Gasteiger partial charge on any atom is -0.262 e. The predicted octanol–water partition coefficient (Wildman–Crippen LogP) is 5.12. The molecular formula is C13H8Cl3N3.